The van der Waals surface area contributed by atoms with Crippen LogP contribution in [0.1, 0.15) is 27.7 Å². The summed E-state index contributed by atoms with van der Waals surface area (Å²) in [5.41, 5.74) is -0.133. The third-order valence-corrected chi connectivity index (χ3v) is 2.01. The molecule has 0 aromatic carbocycles. The van der Waals surface area contributed by atoms with Crippen LogP contribution in [0.4, 0.5) is 0 Å². The van der Waals surface area contributed by atoms with E-state index in [9.17, 15) is 4.79 Å². The largest absolute Gasteiger partial charge is 0.463 e. The zero-order chi connectivity index (χ0) is 10.9. The number of ether oxygens (including phenoxy) is 1. The molecule has 0 spiro atoms. The van der Waals surface area contributed by atoms with Crippen molar-refractivity contribution in [3.8, 4) is 0 Å². The van der Waals surface area contributed by atoms with Crippen molar-refractivity contribution >= 4 is 5.97 Å². The molecule has 4 heteroatoms. The highest BCUT2D eigenvalue weighted by Gasteiger charge is 2.35. The van der Waals surface area contributed by atoms with Gasteiger partial charge in [-0.2, -0.15) is 0 Å². The van der Waals surface area contributed by atoms with Crippen molar-refractivity contribution < 1.29 is 14.4 Å². The van der Waals surface area contributed by atoms with Crippen LogP contribution in [0.2, 0.25) is 0 Å². The maximum Gasteiger partial charge on any atom is 0.375 e. The molecular weight excluding hydrogens is 182 g/mol. The summed E-state index contributed by atoms with van der Waals surface area (Å²) < 4.78 is 4.58. The molecule has 0 aromatic heterocycles. The van der Waals surface area contributed by atoms with Gasteiger partial charge in [-0.15, -0.1) is 5.06 Å². The first-order valence-electron chi connectivity index (χ1n) is 4.63. The molecular formula is C10H17NO3. The first kappa shape index (κ1) is 11.0. The summed E-state index contributed by atoms with van der Waals surface area (Å²) in [5.74, 6) is -0.154. The van der Waals surface area contributed by atoms with E-state index in [2.05, 4.69) is 4.74 Å². The zero-order valence-electron chi connectivity index (χ0n) is 9.33. The Morgan fingerprint density at radius 2 is 2.14 bits per heavy atom. The Balaban J connectivity index is 2.74. The maximum absolute atomic E-state index is 11.2. The predicted molar refractivity (Wildman–Crippen MR) is 52.2 cm³/mol. The van der Waals surface area contributed by atoms with Gasteiger partial charge in [0.25, 0.3) is 0 Å². The highest BCUT2D eigenvalue weighted by molar-refractivity contribution is 5.86. The molecule has 0 fully saturated rings. The molecule has 14 heavy (non-hydrogen) atoms. The summed E-state index contributed by atoms with van der Waals surface area (Å²) in [6, 6.07) is 0.0871. The minimum absolute atomic E-state index is 0.0871. The Bertz CT molecular complexity index is 265. The van der Waals surface area contributed by atoms with Crippen molar-refractivity contribution in [2.75, 3.05) is 7.11 Å². The van der Waals surface area contributed by atoms with Gasteiger partial charge in [0.15, 0.2) is 0 Å². The van der Waals surface area contributed by atoms with Crippen molar-refractivity contribution in [1.29, 1.82) is 0 Å². The summed E-state index contributed by atoms with van der Waals surface area (Å²) in [7, 11) is 1.34. The van der Waals surface area contributed by atoms with E-state index in [1.807, 2.05) is 27.7 Å². The SMILES string of the molecule is COC(=O)C1=CC(C)N(C(C)(C)C)O1. The van der Waals surface area contributed by atoms with Crippen molar-refractivity contribution in [3.63, 3.8) is 0 Å². The number of methoxy groups -OCH3 is 1. The molecule has 0 aromatic rings. The van der Waals surface area contributed by atoms with E-state index < -0.39 is 5.97 Å². The second-order valence-electron chi connectivity index (χ2n) is 4.35. The highest BCUT2D eigenvalue weighted by atomic mass is 16.7. The summed E-state index contributed by atoms with van der Waals surface area (Å²) in [5, 5.41) is 1.78. The summed E-state index contributed by atoms with van der Waals surface area (Å²) in [6.45, 7) is 8.05. The number of carbonyl (C=O) groups excluding carboxylic acids is 1. The monoisotopic (exact) mass is 199 g/mol. The van der Waals surface area contributed by atoms with Gasteiger partial charge in [-0.05, 0) is 33.8 Å². The van der Waals surface area contributed by atoms with Gasteiger partial charge in [0.05, 0.1) is 13.2 Å². The van der Waals surface area contributed by atoms with Gasteiger partial charge in [0.2, 0.25) is 5.76 Å². The van der Waals surface area contributed by atoms with Gasteiger partial charge in [0.1, 0.15) is 0 Å². The molecule has 1 aliphatic rings. The van der Waals surface area contributed by atoms with Gasteiger partial charge in [-0.1, -0.05) is 0 Å². The van der Waals surface area contributed by atoms with E-state index in [4.69, 9.17) is 4.84 Å². The Kier molecular flexibility index (Phi) is 2.85. The van der Waals surface area contributed by atoms with E-state index in [0.717, 1.165) is 0 Å². The molecule has 1 aliphatic heterocycles. The maximum atomic E-state index is 11.2. The van der Waals surface area contributed by atoms with Gasteiger partial charge in [-0.3, -0.25) is 0 Å². The second kappa shape index (κ2) is 3.61. The highest BCUT2D eigenvalue weighted by Crippen LogP contribution is 2.27. The average Bonchev–Trinajstić information content (AvgIpc) is 2.45. The zero-order valence-corrected chi connectivity index (χ0v) is 9.33. The molecule has 0 bridgehead atoms. The lowest BCUT2D eigenvalue weighted by atomic mass is 10.1. The lowest BCUT2D eigenvalue weighted by molar-refractivity contribution is -0.184. The van der Waals surface area contributed by atoms with Crippen LogP contribution in [0.15, 0.2) is 11.8 Å². The molecule has 1 heterocycles. The molecule has 1 atom stereocenters. The number of carbonyl (C=O) groups is 1. The first-order valence-corrected chi connectivity index (χ1v) is 4.63. The van der Waals surface area contributed by atoms with Gasteiger partial charge in [0, 0.05) is 5.54 Å². The summed E-state index contributed by atoms with van der Waals surface area (Å²) >= 11 is 0. The number of hydrogen-bond donors (Lipinski definition) is 0. The number of hydrogen-bond acceptors (Lipinski definition) is 4. The third-order valence-electron chi connectivity index (χ3n) is 2.01. The average molecular weight is 199 g/mol. The smallest absolute Gasteiger partial charge is 0.375 e. The lowest BCUT2D eigenvalue weighted by Gasteiger charge is -2.33. The quantitative estimate of drug-likeness (QED) is 0.599. The Morgan fingerprint density at radius 3 is 2.50 bits per heavy atom. The van der Waals surface area contributed by atoms with E-state index in [-0.39, 0.29) is 17.3 Å². The lowest BCUT2D eigenvalue weighted by Crippen LogP contribution is -2.43. The first-order chi connectivity index (χ1) is 6.36. The van der Waals surface area contributed by atoms with Crippen molar-refractivity contribution in [2.24, 2.45) is 0 Å². The second-order valence-corrected chi connectivity index (χ2v) is 4.35. The summed E-state index contributed by atoms with van der Waals surface area (Å²) in [4.78, 5) is 16.6. The van der Waals surface area contributed by atoms with Crippen molar-refractivity contribution in [2.45, 2.75) is 39.3 Å². The Hall–Kier alpha value is -1.03. The number of hydroxylamine groups is 2. The fourth-order valence-corrected chi connectivity index (χ4v) is 1.46. The Labute approximate surface area is 84.4 Å². The molecule has 0 saturated carbocycles. The minimum atomic E-state index is -0.427. The van der Waals surface area contributed by atoms with Crippen molar-refractivity contribution in [3.05, 3.63) is 11.8 Å². The molecule has 0 radical (unpaired) electrons. The van der Waals surface area contributed by atoms with Gasteiger partial charge < -0.3 is 9.57 Å². The fraction of sp³-hybridized carbons (Fsp3) is 0.700. The molecule has 0 N–H and O–H groups in total. The minimum Gasteiger partial charge on any atom is -0.463 e. The molecule has 1 unspecified atom stereocenters. The standard InChI is InChI=1S/C10H17NO3/c1-7-6-8(9(12)13-5)14-11(7)10(2,3)4/h6-7H,1-5H3. The van der Waals surface area contributed by atoms with Crippen LogP contribution < -0.4 is 0 Å². The molecule has 4 nitrogen and oxygen atoms in total. The van der Waals surface area contributed by atoms with E-state index in [1.165, 1.54) is 7.11 Å². The van der Waals surface area contributed by atoms with Crippen LogP contribution in [-0.2, 0) is 14.4 Å². The van der Waals surface area contributed by atoms with Crippen LogP contribution in [-0.4, -0.2) is 29.7 Å². The molecule has 0 amide bonds. The number of nitrogens with zero attached hydrogens (tertiary/aromatic N) is 1. The summed E-state index contributed by atoms with van der Waals surface area (Å²) in [6.07, 6.45) is 1.76. The van der Waals surface area contributed by atoms with Gasteiger partial charge in [-0.25, -0.2) is 4.79 Å². The molecule has 1 rings (SSSR count). The molecule has 0 aliphatic carbocycles. The number of esters is 1. The van der Waals surface area contributed by atoms with E-state index >= 15 is 0 Å². The number of rotatable bonds is 1. The van der Waals surface area contributed by atoms with Crippen LogP contribution in [0.5, 0.6) is 0 Å². The van der Waals surface area contributed by atoms with Gasteiger partial charge >= 0.3 is 5.97 Å². The topological polar surface area (TPSA) is 38.8 Å². The fourth-order valence-electron chi connectivity index (χ4n) is 1.46. The van der Waals surface area contributed by atoms with E-state index in [0.29, 0.717) is 0 Å². The van der Waals surface area contributed by atoms with Crippen LogP contribution >= 0.6 is 0 Å². The van der Waals surface area contributed by atoms with Crippen LogP contribution in [0.3, 0.4) is 0 Å². The third kappa shape index (κ3) is 2.07. The molecule has 80 valence electrons. The Morgan fingerprint density at radius 1 is 1.57 bits per heavy atom. The molecule has 0 saturated heterocycles. The predicted octanol–water partition coefficient (Wildman–Crippen LogP) is 1.48. The van der Waals surface area contributed by atoms with Crippen LogP contribution in [0, 0.1) is 0 Å². The van der Waals surface area contributed by atoms with Crippen molar-refractivity contribution in [1.82, 2.24) is 5.06 Å². The normalized spacial score (nSPS) is 22.9. The van der Waals surface area contributed by atoms with E-state index in [1.54, 1.807) is 11.1 Å². The van der Waals surface area contributed by atoms with Crippen LogP contribution in [0.25, 0.3) is 0 Å².